The van der Waals surface area contributed by atoms with Gasteiger partial charge in [-0.05, 0) is 30.0 Å². The number of amides is 1. The molecule has 0 spiro atoms. The van der Waals surface area contributed by atoms with Gasteiger partial charge in [-0.2, -0.15) is 5.10 Å². The minimum absolute atomic E-state index is 0.0256. The molecule has 1 fully saturated rings. The van der Waals surface area contributed by atoms with Gasteiger partial charge in [0.15, 0.2) is 5.82 Å². The van der Waals surface area contributed by atoms with Crippen LogP contribution in [0.2, 0.25) is 5.02 Å². The summed E-state index contributed by atoms with van der Waals surface area (Å²) in [7, 11) is 0. The van der Waals surface area contributed by atoms with Crippen molar-refractivity contribution in [2.75, 3.05) is 18.0 Å². The number of carbonyl (C=O) groups excluding carboxylic acids is 1. The third kappa shape index (κ3) is 4.37. The van der Waals surface area contributed by atoms with Crippen LogP contribution < -0.4 is 10.2 Å². The fourth-order valence-corrected chi connectivity index (χ4v) is 3.79. The monoisotopic (exact) mass is 394 g/mol. The first-order chi connectivity index (χ1) is 13.7. The molecule has 2 heterocycles. The van der Waals surface area contributed by atoms with E-state index < -0.39 is 0 Å². The van der Waals surface area contributed by atoms with Gasteiger partial charge in [-0.3, -0.25) is 9.89 Å². The average Bonchev–Trinajstić information content (AvgIpc) is 3.21. The zero-order chi connectivity index (χ0) is 19.3. The summed E-state index contributed by atoms with van der Waals surface area (Å²) in [5.74, 6) is 0.984. The second-order valence-corrected chi connectivity index (χ2v) is 7.51. The number of halogens is 1. The molecule has 0 atom stereocenters. The van der Waals surface area contributed by atoms with Crippen molar-refractivity contribution in [2.45, 2.75) is 25.3 Å². The smallest absolute Gasteiger partial charge is 0.224 e. The van der Waals surface area contributed by atoms with Crippen molar-refractivity contribution in [3.63, 3.8) is 0 Å². The summed E-state index contributed by atoms with van der Waals surface area (Å²) < 4.78 is 0. The predicted molar refractivity (Wildman–Crippen MR) is 113 cm³/mol. The van der Waals surface area contributed by atoms with E-state index in [1.54, 1.807) is 0 Å². The van der Waals surface area contributed by atoms with Gasteiger partial charge in [-0.25, -0.2) is 0 Å². The molecular weight excluding hydrogens is 372 g/mol. The molecule has 2 aromatic carbocycles. The number of hydrogen-bond acceptors (Lipinski definition) is 3. The number of aromatic amines is 1. The molecule has 5 nitrogen and oxygen atoms in total. The van der Waals surface area contributed by atoms with Crippen LogP contribution in [0.4, 0.5) is 5.82 Å². The number of carbonyl (C=O) groups is 1. The summed E-state index contributed by atoms with van der Waals surface area (Å²) in [6.45, 7) is 1.74. The van der Waals surface area contributed by atoms with E-state index in [0.717, 1.165) is 48.6 Å². The molecule has 0 radical (unpaired) electrons. The van der Waals surface area contributed by atoms with Crippen LogP contribution in [0, 0.1) is 0 Å². The Morgan fingerprint density at radius 3 is 2.57 bits per heavy atom. The van der Waals surface area contributed by atoms with Crippen LogP contribution in [0.5, 0.6) is 0 Å². The minimum Gasteiger partial charge on any atom is -0.355 e. The zero-order valence-electron chi connectivity index (χ0n) is 15.6. The number of hydrogen-bond donors (Lipinski definition) is 2. The van der Waals surface area contributed by atoms with Gasteiger partial charge >= 0.3 is 0 Å². The third-order valence-corrected chi connectivity index (χ3v) is 5.51. The number of aromatic nitrogens is 2. The number of nitrogens with one attached hydrogen (secondary N) is 2. The summed E-state index contributed by atoms with van der Waals surface area (Å²) in [5.41, 5.74) is 3.01. The molecule has 0 bridgehead atoms. The van der Waals surface area contributed by atoms with E-state index in [9.17, 15) is 4.79 Å². The van der Waals surface area contributed by atoms with Crippen molar-refractivity contribution in [2.24, 2.45) is 0 Å². The number of rotatable bonds is 5. The standard InChI is InChI=1S/C22H23ClN4O/c23-19-9-5-4-8-17(19)14-22(28)24-18-10-12-27(13-11-18)21-15-20(25-26-21)16-6-2-1-3-7-16/h1-9,15,18H,10-14H2,(H,24,28)(H,25,26). The summed E-state index contributed by atoms with van der Waals surface area (Å²) in [4.78, 5) is 14.6. The molecule has 28 heavy (non-hydrogen) atoms. The lowest BCUT2D eigenvalue weighted by atomic mass is 10.0. The van der Waals surface area contributed by atoms with Crippen LogP contribution in [0.25, 0.3) is 11.3 Å². The van der Waals surface area contributed by atoms with Gasteiger partial charge in [-0.15, -0.1) is 0 Å². The predicted octanol–water partition coefficient (Wildman–Crippen LogP) is 4.06. The van der Waals surface area contributed by atoms with E-state index in [0.29, 0.717) is 11.4 Å². The molecule has 1 aromatic heterocycles. The SMILES string of the molecule is O=C(Cc1ccccc1Cl)NC1CCN(c2cc(-c3ccccc3)[nH]n2)CC1. The fraction of sp³-hybridized carbons (Fsp3) is 0.273. The summed E-state index contributed by atoms with van der Waals surface area (Å²) in [5, 5.41) is 11.4. The van der Waals surface area contributed by atoms with Crippen LogP contribution in [-0.2, 0) is 11.2 Å². The van der Waals surface area contributed by atoms with Crippen molar-refractivity contribution < 1.29 is 4.79 Å². The van der Waals surface area contributed by atoms with E-state index >= 15 is 0 Å². The lowest BCUT2D eigenvalue weighted by Crippen LogP contribution is -2.45. The Morgan fingerprint density at radius 1 is 1.11 bits per heavy atom. The van der Waals surface area contributed by atoms with Gasteiger partial charge in [0.1, 0.15) is 0 Å². The number of piperidine rings is 1. The molecule has 1 amide bonds. The third-order valence-electron chi connectivity index (χ3n) is 5.14. The Kier molecular flexibility index (Phi) is 5.63. The van der Waals surface area contributed by atoms with Gasteiger partial charge in [-0.1, -0.05) is 60.1 Å². The fourth-order valence-electron chi connectivity index (χ4n) is 3.59. The molecule has 3 aromatic rings. The second kappa shape index (κ2) is 8.48. The number of H-pyrrole nitrogens is 1. The van der Waals surface area contributed by atoms with Crippen molar-refractivity contribution >= 4 is 23.3 Å². The first kappa shape index (κ1) is 18.6. The van der Waals surface area contributed by atoms with Crippen LogP contribution in [0.3, 0.4) is 0 Å². The minimum atomic E-state index is 0.0256. The van der Waals surface area contributed by atoms with Crippen LogP contribution >= 0.6 is 11.6 Å². The Morgan fingerprint density at radius 2 is 1.82 bits per heavy atom. The lowest BCUT2D eigenvalue weighted by molar-refractivity contribution is -0.121. The zero-order valence-corrected chi connectivity index (χ0v) is 16.3. The molecule has 0 aliphatic carbocycles. The maximum atomic E-state index is 12.3. The number of benzene rings is 2. The molecule has 1 saturated heterocycles. The summed E-state index contributed by atoms with van der Waals surface area (Å²) in [6, 6.07) is 20.0. The molecule has 144 valence electrons. The van der Waals surface area contributed by atoms with E-state index in [-0.39, 0.29) is 11.9 Å². The summed E-state index contributed by atoms with van der Waals surface area (Å²) >= 11 is 6.15. The quantitative estimate of drug-likeness (QED) is 0.686. The highest BCUT2D eigenvalue weighted by molar-refractivity contribution is 6.31. The van der Waals surface area contributed by atoms with Crippen molar-refractivity contribution in [1.29, 1.82) is 0 Å². The Balaban J connectivity index is 1.30. The summed E-state index contributed by atoms with van der Waals surface area (Å²) in [6.07, 6.45) is 2.13. The molecule has 0 saturated carbocycles. The van der Waals surface area contributed by atoms with Crippen molar-refractivity contribution in [3.05, 3.63) is 71.2 Å². The maximum Gasteiger partial charge on any atom is 0.224 e. The Labute approximate surface area is 169 Å². The van der Waals surface area contributed by atoms with Crippen LogP contribution in [0.1, 0.15) is 18.4 Å². The lowest BCUT2D eigenvalue weighted by Gasteiger charge is -2.32. The van der Waals surface area contributed by atoms with Crippen LogP contribution in [0.15, 0.2) is 60.7 Å². The normalized spacial score (nSPS) is 14.8. The largest absolute Gasteiger partial charge is 0.355 e. The topological polar surface area (TPSA) is 61.0 Å². The molecule has 1 aliphatic rings. The van der Waals surface area contributed by atoms with Crippen LogP contribution in [-0.4, -0.2) is 35.2 Å². The van der Waals surface area contributed by atoms with E-state index in [1.807, 2.05) is 42.5 Å². The molecule has 0 unspecified atom stereocenters. The van der Waals surface area contributed by atoms with Crippen molar-refractivity contribution in [3.8, 4) is 11.3 Å². The number of anilines is 1. The Hall–Kier alpha value is -2.79. The van der Waals surface area contributed by atoms with Gasteiger partial charge in [0.25, 0.3) is 0 Å². The van der Waals surface area contributed by atoms with Gasteiger partial charge in [0, 0.05) is 30.2 Å². The second-order valence-electron chi connectivity index (χ2n) is 7.10. The molecule has 1 aliphatic heterocycles. The van der Waals surface area contributed by atoms with Crippen molar-refractivity contribution in [1.82, 2.24) is 15.5 Å². The average molecular weight is 395 g/mol. The molecule has 4 rings (SSSR count). The highest BCUT2D eigenvalue weighted by Gasteiger charge is 2.22. The van der Waals surface area contributed by atoms with Gasteiger partial charge < -0.3 is 10.2 Å². The van der Waals surface area contributed by atoms with E-state index in [4.69, 9.17) is 11.6 Å². The first-order valence-electron chi connectivity index (χ1n) is 9.57. The highest BCUT2D eigenvalue weighted by Crippen LogP contribution is 2.24. The molecule has 6 heteroatoms. The molecule has 2 N–H and O–H groups in total. The van der Waals surface area contributed by atoms with Gasteiger partial charge in [0.05, 0.1) is 12.1 Å². The maximum absolute atomic E-state index is 12.3. The van der Waals surface area contributed by atoms with E-state index in [2.05, 4.69) is 38.6 Å². The van der Waals surface area contributed by atoms with E-state index in [1.165, 1.54) is 0 Å². The first-order valence-corrected chi connectivity index (χ1v) is 9.95. The number of nitrogens with zero attached hydrogens (tertiary/aromatic N) is 2. The molecular formula is C22H23ClN4O. The highest BCUT2D eigenvalue weighted by atomic mass is 35.5. The Bertz CT molecular complexity index is 932. The van der Waals surface area contributed by atoms with Gasteiger partial charge in [0.2, 0.25) is 5.91 Å².